The Balaban J connectivity index is 1.91. The van der Waals surface area contributed by atoms with Gasteiger partial charge in [-0.05, 0) is 48.7 Å². The number of β-amino-alcohol motifs (C(OH)–C–C–N with tert-alkyl or cyclic N) is 1. The number of hydrogen-bond donors (Lipinski definition) is 2. The molecule has 0 spiro atoms. The number of aliphatic hydroxyl groups excluding tert-OH is 1. The largest absolute Gasteiger partial charge is 0.387 e. The molecule has 2 rings (SSSR count). The van der Waals surface area contributed by atoms with Crippen LogP contribution in [0.5, 0.6) is 0 Å². The Morgan fingerprint density at radius 2 is 1.73 bits per heavy atom. The normalized spacial score (nSPS) is 12.9. The highest BCUT2D eigenvalue weighted by atomic mass is 16.3. The maximum atomic E-state index is 10.4. The van der Waals surface area contributed by atoms with E-state index in [1.807, 2.05) is 18.2 Å². The Hall–Kier alpha value is -2.04. The molecule has 0 aliphatic heterocycles. The van der Waals surface area contributed by atoms with Crippen molar-refractivity contribution in [2.75, 3.05) is 6.54 Å². The van der Waals surface area contributed by atoms with Crippen molar-refractivity contribution in [1.29, 1.82) is 0 Å². The maximum absolute atomic E-state index is 10.4. The summed E-state index contributed by atoms with van der Waals surface area (Å²) in [6, 6.07) is 17.0. The first-order valence-electron chi connectivity index (χ1n) is 7.40. The molecule has 0 aliphatic rings. The zero-order valence-corrected chi connectivity index (χ0v) is 13.0. The van der Waals surface area contributed by atoms with Gasteiger partial charge in [0.1, 0.15) is 5.69 Å². The van der Waals surface area contributed by atoms with E-state index in [9.17, 15) is 10.0 Å². The van der Waals surface area contributed by atoms with Gasteiger partial charge in [0.25, 0.3) is 0 Å². The number of hydrogen-bond acceptors (Lipinski definition) is 4. The number of nitrogens with one attached hydrogen (secondary N) is 1. The van der Waals surface area contributed by atoms with Crippen LogP contribution in [0.3, 0.4) is 0 Å². The van der Waals surface area contributed by atoms with Crippen LogP contribution >= 0.6 is 0 Å². The fraction of sp³-hybridized carbons (Fsp3) is 0.333. The quantitative estimate of drug-likeness (QED) is 0.766. The smallest absolute Gasteiger partial charge is 0.108 e. The van der Waals surface area contributed by atoms with E-state index < -0.39 is 6.10 Å². The summed E-state index contributed by atoms with van der Waals surface area (Å²) in [6.07, 6.45) is 0.268. The van der Waals surface area contributed by atoms with Crippen LogP contribution in [-0.4, -0.2) is 17.2 Å². The van der Waals surface area contributed by atoms with Gasteiger partial charge in [-0.1, -0.05) is 42.5 Å². The predicted molar refractivity (Wildman–Crippen MR) is 89.1 cm³/mol. The second kappa shape index (κ2) is 7.29. The summed E-state index contributed by atoms with van der Waals surface area (Å²) in [7, 11) is 0. The van der Waals surface area contributed by atoms with Crippen LogP contribution in [0.1, 0.15) is 31.1 Å². The molecule has 0 saturated carbocycles. The van der Waals surface area contributed by atoms with Gasteiger partial charge in [-0.3, -0.25) is 0 Å². The first-order chi connectivity index (χ1) is 10.5. The molecule has 2 N–H and O–H groups in total. The summed E-state index contributed by atoms with van der Waals surface area (Å²) in [4.78, 5) is 10.4. The average molecular weight is 298 g/mol. The SMILES string of the molecule is CC(C)(Cc1ccccc1)NCC(O)c1ccc(N=O)cc1. The number of nitroso groups, excluding NO2 is 1. The Labute approximate surface area is 131 Å². The van der Waals surface area contributed by atoms with Crippen molar-refractivity contribution < 1.29 is 5.11 Å². The van der Waals surface area contributed by atoms with Crippen molar-refractivity contribution >= 4 is 5.69 Å². The van der Waals surface area contributed by atoms with E-state index in [1.165, 1.54) is 5.56 Å². The molecule has 0 aromatic heterocycles. The fourth-order valence-corrected chi connectivity index (χ4v) is 2.42. The molecule has 0 fully saturated rings. The highest BCUT2D eigenvalue weighted by Crippen LogP contribution is 2.19. The summed E-state index contributed by atoms with van der Waals surface area (Å²) in [5.74, 6) is 0. The molecule has 2 aromatic carbocycles. The first-order valence-corrected chi connectivity index (χ1v) is 7.40. The lowest BCUT2D eigenvalue weighted by Gasteiger charge is -2.28. The summed E-state index contributed by atoms with van der Waals surface area (Å²) < 4.78 is 0. The van der Waals surface area contributed by atoms with Crippen molar-refractivity contribution in [3.8, 4) is 0 Å². The van der Waals surface area contributed by atoms with Gasteiger partial charge in [-0.15, -0.1) is 4.91 Å². The van der Waals surface area contributed by atoms with Crippen LogP contribution in [0.25, 0.3) is 0 Å². The van der Waals surface area contributed by atoms with Gasteiger partial charge in [0.2, 0.25) is 0 Å². The highest BCUT2D eigenvalue weighted by Gasteiger charge is 2.19. The van der Waals surface area contributed by atoms with Crippen LogP contribution in [0, 0.1) is 4.91 Å². The fourth-order valence-electron chi connectivity index (χ4n) is 2.42. The Bertz CT molecular complexity index is 594. The van der Waals surface area contributed by atoms with Crippen LogP contribution in [-0.2, 0) is 6.42 Å². The topological polar surface area (TPSA) is 61.7 Å². The molecule has 2 aromatic rings. The zero-order chi connectivity index (χ0) is 16.0. The second-order valence-corrected chi connectivity index (χ2v) is 6.13. The van der Waals surface area contributed by atoms with Crippen LogP contribution in [0.15, 0.2) is 59.8 Å². The molecule has 0 bridgehead atoms. The molecule has 1 unspecified atom stereocenters. The molecular weight excluding hydrogens is 276 g/mol. The maximum Gasteiger partial charge on any atom is 0.108 e. The molecule has 1 atom stereocenters. The third-order valence-corrected chi connectivity index (χ3v) is 3.65. The van der Waals surface area contributed by atoms with Gasteiger partial charge in [0, 0.05) is 12.1 Å². The van der Waals surface area contributed by atoms with Crippen molar-refractivity contribution in [3.63, 3.8) is 0 Å². The Morgan fingerprint density at radius 1 is 1.09 bits per heavy atom. The monoisotopic (exact) mass is 298 g/mol. The van der Waals surface area contributed by atoms with E-state index in [2.05, 4.69) is 36.5 Å². The third kappa shape index (κ3) is 4.76. The number of benzene rings is 2. The lowest BCUT2D eigenvalue weighted by Crippen LogP contribution is -2.43. The number of aliphatic hydroxyl groups is 1. The summed E-state index contributed by atoms with van der Waals surface area (Å²) in [5, 5.41) is 16.5. The Morgan fingerprint density at radius 3 is 2.32 bits per heavy atom. The summed E-state index contributed by atoms with van der Waals surface area (Å²) in [6.45, 7) is 4.69. The van der Waals surface area contributed by atoms with Crippen LogP contribution < -0.4 is 5.32 Å². The van der Waals surface area contributed by atoms with E-state index in [1.54, 1.807) is 24.3 Å². The van der Waals surface area contributed by atoms with Gasteiger partial charge in [0.05, 0.1) is 6.10 Å². The molecule has 0 saturated heterocycles. The van der Waals surface area contributed by atoms with Gasteiger partial charge >= 0.3 is 0 Å². The first kappa shape index (κ1) is 16.3. The minimum Gasteiger partial charge on any atom is -0.387 e. The molecule has 116 valence electrons. The minimum absolute atomic E-state index is 0.118. The summed E-state index contributed by atoms with van der Waals surface area (Å²) >= 11 is 0. The molecule has 4 heteroatoms. The van der Waals surface area contributed by atoms with Gasteiger partial charge in [0.15, 0.2) is 0 Å². The van der Waals surface area contributed by atoms with Crippen molar-refractivity contribution in [2.24, 2.45) is 5.18 Å². The minimum atomic E-state index is -0.615. The molecule has 0 radical (unpaired) electrons. The lowest BCUT2D eigenvalue weighted by molar-refractivity contribution is 0.161. The van der Waals surface area contributed by atoms with Crippen LogP contribution in [0.4, 0.5) is 5.69 Å². The van der Waals surface area contributed by atoms with Crippen molar-refractivity contribution in [3.05, 3.63) is 70.6 Å². The van der Waals surface area contributed by atoms with E-state index >= 15 is 0 Å². The second-order valence-electron chi connectivity index (χ2n) is 6.13. The highest BCUT2D eigenvalue weighted by molar-refractivity contribution is 5.39. The molecule has 0 aliphatic carbocycles. The van der Waals surface area contributed by atoms with Gasteiger partial charge in [-0.25, -0.2) is 0 Å². The zero-order valence-electron chi connectivity index (χ0n) is 13.0. The lowest BCUT2D eigenvalue weighted by atomic mass is 9.94. The summed E-state index contributed by atoms with van der Waals surface area (Å²) in [5.41, 5.74) is 2.28. The van der Waals surface area contributed by atoms with E-state index in [0.29, 0.717) is 12.2 Å². The average Bonchev–Trinajstić information content (AvgIpc) is 2.53. The third-order valence-electron chi connectivity index (χ3n) is 3.65. The predicted octanol–water partition coefficient (Wildman–Crippen LogP) is 3.73. The van der Waals surface area contributed by atoms with Crippen molar-refractivity contribution in [2.45, 2.75) is 31.9 Å². The number of nitrogens with zero attached hydrogens (tertiary/aromatic N) is 1. The molecule has 0 heterocycles. The van der Waals surface area contributed by atoms with Gasteiger partial charge < -0.3 is 10.4 Å². The molecule has 4 nitrogen and oxygen atoms in total. The Kier molecular flexibility index (Phi) is 5.41. The molecular formula is C18H22N2O2. The van der Waals surface area contributed by atoms with E-state index in [0.717, 1.165) is 12.0 Å². The van der Waals surface area contributed by atoms with Crippen LogP contribution in [0.2, 0.25) is 0 Å². The van der Waals surface area contributed by atoms with Gasteiger partial charge in [-0.2, -0.15) is 0 Å². The van der Waals surface area contributed by atoms with Crippen molar-refractivity contribution in [1.82, 2.24) is 5.32 Å². The standard InChI is InChI=1S/C18H22N2O2/c1-18(2,12-14-6-4-3-5-7-14)19-13-17(21)15-8-10-16(20-22)11-9-15/h3-11,17,19,21H,12-13H2,1-2H3. The van der Waals surface area contributed by atoms with E-state index in [4.69, 9.17) is 0 Å². The van der Waals surface area contributed by atoms with E-state index in [-0.39, 0.29) is 5.54 Å². The molecule has 22 heavy (non-hydrogen) atoms. The number of rotatable bonds is 7. The molecule has 0 amide bonds.